The fourth-order valence-electron chi connectivity index (χ4n) is 0.735. The van der Waals surface area contributed by atoms with Crippen LogP contribution in [0.1, 0.15) is 11.4 Å². The minimum atomic E-state index is 0.775. The highest BCUT2D eigenvalue weighted by Gasteiger charge is 2.09. The summed E-state index contributed by atoms with van der Waals surface area (Å²) in [5.41, 5.74) is 1.55. The predicted molar refractivity (Wildman–Crippen MR) is 36.9 cm³/mol. The molecule has 0 saturated heterocycles. The molecule has 1 aromatic rings. The summed E-state index contributed by atoms with van der Waals surface area (Å²) in [6.07, 6.45) is 6.43. The van der Waals surface area contributed by atoms with Gasteiger partial charge in [0.05, 0.1) is 5.10 Å². The summed E-state index contributed by atoms with van der Waals surface area (Å²) in [7, 11) is 0. The molecule has 4 heteroatoms. The molecule has 47 valence electrons. The van der Waals surface area contributed by atoms with Crippen LogP contribution in [0.25, 0.3) is 0 Å². The van der Waals surface area contributed by atoms with E-state index < -0.39 is 0 Å². The van der Waals surface area contributed by atoms with Crippen molar-refractivity contribution in [3.63, 3.8) is 0 Å². The second kappa shape index (κ2) is 1.98. The first-order valence-electron chi connectivity index (χ1n) is 2.84. The summed E-state index contributed by atoms with van der Waals surface area (Å²) in [5, 5.41) is 7.32. The number of fused-ring (bicyclic) bond motifs is 1. The molecule has 0 fully saturated rings. The van der Waals surface area contributed by atoms with Crippen LogP contribution in [0, 0.1) is 0 Å². The van der Waals surface area contributed by atoms with Gasteiger partial charge in [-0.15, -0.1) is 0 Å². The minimum absolute atomic E-state index is 0.775. The highest BCUT2D eigenvalue weighted by Crippen LogP contribution is 1.95. The molecule has 1 aliphatic heterocycles. The number of hydrogen-bond acceptors (Lipinski definition) is 4. The summed E-state index contributed by atoms with van der Waals surface area (Å²) in [6, 6.07) is 0. The van der Waals surface area contributed by atoms with Crippen LogP contribution < -0.4 is 5.10 Å². The molecule has 2 rings (SSSR count). The van der Waals surface area contributed by atoms with E-state index in [4.69, 9.17) is 0 Å². The van der Waals surface area contributed by atoms with Crippen LogP contribution in [-0.2, 0) is 0 Å². The molecular weight excluding hydrogens is 128 g/mol. The third-order valence-electron chi connectivity index (χ3n) is 1.18. The molecule has 0 aromatic carbocycles. The van der Waals surface area contributed by atoms with Gasteiger partial charge in [0.2, 0.25) is 5.10 Å². The third-order valence-corrected chi connectivity index (χ3v) is 1.18. The Morgan fingerprint density at radius 1 is 1.10 bits per heavy atom. The Labute approximate surface area is 57.4 Å². The van der Waals surface area contributed by atoms with Gasteiger partial charge >= 0.3 is 6.21 Å². The zero-order valence-electron chi connectivity index (χ0n) is 5.10. The lowest BCUT2D eigenvalue weighted by Crippen LogP contribution is -2.05. The monoisotopic (exact) mass is 132 g/mol. The van der Waals surface area contributed by atoms with Crippen molar-refractivity contribution in [3.05, 3.63) is 23.8 Å². The van der Waals surface area contributed by atoms with E-state index in [1.165, 1.54) is 0 Å². The van der Waals surface area contributed by atoms with Crippen molar-refractivity contribution in [1.29, 1.82) is 0 Å². The van der Waals surface area contributed by atoms with E-state index in [1.54, 1.807) is 24.8 Å². The van der Waals surface area contributed by atoms with Gasteiger partial charge in [-0.25, -0.2) is 4.98 Å². The van der Waals surface area contributed by atoms with Crippen LogP contribution in [0.15, 0.2) is 17.5 Å². The Balaban J connectivity index is 2.65. The molecule has 2 heterocycles. The first kappa shape index (κ1) is 5.22. The molecule has 0 N–H and O–H groups in total. The Kier molecular flexibility index (Phi) is 1.04. The maximum Gasteiger partial charge on any atom is 0.305 e. The molecule has 4 nitrogen and oxygen atoms in total. The standard InChI is InChI=1S/C6H4N4/c1-2-8-6-4-10-9-3-5(6)7-1/h1-4H/q+1. The van der Waals surface area contributed by atoms with Crippen LogP contribution in [-0.4, -0.2) is 22.4 Å². The van der Waals surface area contributed by atoms with E-state index in [0.29, 0.717) is 0 Å². The van der Waals surface area contributed by atoms with Gasteiger partial charge < -0.3 is 0 Å². The maximum absolute atomic E-state index is 4.02. The van der Waals surface area contributed by atoms with Crippen molar-refractivity contribution in [2.45, 2.75) is 0 Å². The number of rotatable bonds is 0. The predicted octanol–water partition coefficient (Wildman–Crippen LogP) is -0.421. The van der Waals surface area contributed by atoms with E-state index in [0.717, 1.165) is 11.4 Å². The topological polar surface area (TPSA) is 52.2 Å². The second-order valence-corrected chi connectivity index (χ2v) is 1.82. The molecule has 0 bridgehead atoms. The van der Waals surface area contributed by atoms with E-state index in [1.807, 2.05) is 0 Å². The van der Waals surface area contributed by atoms with Crippen LogP contribution >= 0.6 is 0 Å². The van der Waals surface area contributed by atoms with E-state index in [-0.39, 0.29) is 0 Å². The van der Waals surface area contributed by atoms with Crippen molar-refractivity contribution < 1.29 is 0 Å². The summed E-state index contributed by atoms with van der Waals surface area (Å²) in [6.45, 7) is 0. The van der Waals surface area contributed by atoms with Crippen molar-refractivity contribution in [2.24, 2.45) is 5.10 Å². The zero-order chi connectivity index (χ0) is 6.81. The van der Waals surface area contributed by atoms with E-state index in [2.05, 4.69) is 20.2 Å². The smallest absolute Gasteiger partial charge is 0.251 e. The molecule has 10 heavy (non-hydrogen) atoms. The summed E-state index contributed by atoms with van der Waals surface area (Å²) in [5.74, 6) is 0. The molecule has 0 amide bonds. The van der Waals surface area contributed by atoms with E-state index in [9.17, 15) is 0 Å². The Bertz CT molecular complexity index is 271. The van der Waals surface area contributed by atoms with Crippen molar-refractivity contribution in [3.8, 4) is 0 Å². The Morgan fingerprint density at radius 3 is 2.70 bits per heavy atom. The average Bonchev–Trinajstić information content (AvgIpc) is 2.05. The van der Waals surface area contributed by atoms with Gasteiger partial charge in [0, 0.05) is 12.4 Å². The summed E-state index contributed by atoms with van der Waals surface area (Å²) < 4.78 is 0. The normalized spacial score (nSPS) is 13.2. The first-order chi connectivity index (χ1) is 4.97. The van der Waals surface area contributed by atoms with Crippen molar-refractivity contribution in [1.82, 2.24) is 15.1 Å². The van der Waals surface area contributed by atoms with Gasteiger partial charge in [0.1, 0.15) is 11.9 Å². The average molecular weight is 132 g/mol. The van der Waals surface area contributed by atoms with E-state index >= 15 is 0 Å². The lowest BCUT2D eigenvalue weighted by Gasteiger charge is -1.91. The fourth-order valence-corrected chi connectivity index (χ4v) is 0.735. The quantitative estimate of drug-likeness (QED) is 0.481. The summed E-state index contributed by atoms with van der Waals surface area (Å²) in [4.78, 5) is 8.03. The van der Waals surface area contributed by atoms with Crippen LogP contribution in [0.2, 0.25) is 0 Å². The SMILES string of the molecule is C1=N[N+]=Cc2nccnc21. The number of aromatic nitrogens is 2. The minimum Gasteiger partial charge on any atom is -0.251 e. The molecule has 1 aromatic heterocycles. The van der Waals surface area contributed by atoms with Gasteiger partial charge in [-0.3, -0.25) is 4.98 Å². The lowest BCUT2D eigenvalue weighted by atomic mass is 10.3. The largest absolute Gasteiger partial charge is 0.305 e. The van der Waals surface area contributed by atoms with Gasteiger partial charge in [-0.05, 0) is 0 Å². The zero-order valence-corrected chi connectivity index (χ0v) is 5.10. The first-order valence-corrected chi connectivity index (χ1v) is 2.84. The highest BCUT2D eigenvalue weighted by atomic mass is 15.2. The van der Waals surface area contributed by atoms with Gasteiger partial charge in [0.15, 0.2) is 5.69 Å². The van der Waals surface area contributed by atoms with Gasteiger partial charge in [-0.1, -0.05) is 0 Å². The van der Waals surface area contributed by atoms with Gasteiger partial charge in [0.25, 0.3) is 0 Å². The molecule has 0 unspecified atom stereocenters. The molecule has 0 atom stereocenters. The van der Waals surface area contributed by atoms with Crippen LogP contribution in [0.4, 0.5) is 0 Å². The molecule has 0 spiro atoms. The Morgan fingerprint density at radius 2 is 1.90 bits per heavy atom. The fraction of sp³-hybridized carbons (Fsp3) is 0. The molecule has 1 radical (unpaired) electrons. The number of nitrogens with zero attached hydrogens (tertiary/aromatic N) is 4. The lowest BCUT2D eigenvalue weighted by molar-refractivity contribution is 1.06. The highest BCUT2D eigenvalue weighted by molar-refractivity contribution is 5.92. The van der Waals surface area contributed by atoms with Crippen LogP contribution in [0.3, 0.4) is 0 Å². The third kappa shape index (κ3) is 0.699. The molecule has 0 aliphatic carbocycles. The van der Waals surface area contributed by atoms with Crippen molar-refractivity contribution >= 4 is 12.4 Å². The second-order valence-electron chi connectivity index (χ2n) is 1.82. The Hall–Kier alpha value is -1.58. The molecule has 1 aliphatic rings. The van der Waals surface area contributed by atoms with Crippen molar-refractivity contribution in [2.75, 3.05) is 0 Å². The van der Waals surface area contributed by atoms with Crippen LogP contribution in [0.5, 0.6) is 0 Å². The maximum atomic E-state index is 4.02. The molecular formula is C6H4N4+. The molecule has 0 saturated carbocycles. The summed E-state index contributed by atoms with van der Waals surface area (Å²) >= 11 is 0. The number of hydrogen-bond donors (Lipinski definition) is 0. The van der Waals surface area contributed by atoms with Gasteiger partial charge in [-0.2, -0.15) is 0 Å².